The van der Waals surface area contributed by atoms with Crippen LogP contribution in [-0.4, -0.2) is 37.0 Å². The Kier molecular flexibility index (Phi) is 6.25. The molecule has 0 saturated carbocycles. The predicted molar refractivity (Wildman–Crippen MR) is 127 cm³/mol. The van der Waals surface area contributed by atoms with Gasteiger partial charge in [-0.05, 0) is 75.2 Å². The van der Waals surface area contributed by atoms with Gasteiger partial charge in [0.15, 0.2) is 0 Å². The van der Waals surface area contributed by atoms with Crippen LogP contribution in [0.5, 0.6) is 0 Å². The molecule has 170 valence electrons. The number of rotatable bonds is 6. The van der Waals surface area contributed by atoms with Crippen molar-refractivity contribution in [2.24, 2.45) is 0 Å². The van der Waals surface area contributed by atoms with Gasteiger partial charge >= 0.3 is 0 Å². The summed E-state index contributed by atoms with van der Waals surface area (Å²) in [5.41, 5.74) is 4.41. The highest BCUT2D eigenvalue weighted by molar-refractivity contribution is 7.89. The number of hydrogen-bond acceptors (Lipinski definition) is 4. The first-order valence-electron chi connectivity index (χ1n) is 11.0. The normalized spacial score (nSPS) is 16.8. The summed E-state index contributed by atoms with van der Waals surface area (Å²) >= 11 is 0. The van der Waals surface area contributed by atoms with Crippen molar-refractivity contribution >= 4 is 20.9 Å². The summed E-state index contributed by atoms with van der Waals surface area (Å²) in [4.78, 5) is 16.0. The lowest BCUT2D eigenvalue weighted by Crippen LogP contribution is -2.38. The molecule has 1 unspecified atom stereocenters. The summed E-state index contributed by atoms with van der Waals surface area (Å²) in [6, 6.07) is 11.4. The molecule has 3 aromatic rings. The molecule has 32 heavy (non-hydrogen) atoms. The van der Waals surface area contributed by atoms with Crippen LogP contribution in [0.4, 0.5) is 0 Å². The van der Waals surface area contributed by atoms with Gasteiger partial charge in [0.2, 0.25) is 10.0 Å². The minimum absolute atomic E-state index is 0.00579. The number of aryl methyl sites for hydroxylation is 4. The molecular formula is C25H30N2O4S. The van der Waals surface area contributed by atoms with Gasteiger partial charge < -0.3 is 9.72 Å². The molecule has 2 heterocycles. The van der Waals surface area contributed by atoms with Gasteiger partial charge in [-0.2, -0.15) is 4.31 Å². The van der Waals surface area contributed by atoms with Gasteiger partial charge in [-0.1, -0.05) is 29.3 Å². The van der Waals surface area contributed by atoms with Crippen molar-refractivity contribution in [2.45, 2.75) is 58.1 Å². The minimum atomic E-state index is -3.84. The van der Waals surface area contributed by atoms with Crippen LogP contribution in [0.2, 0.25) is 0 Å². The molecule has 1 aromatic heterocycles. The number of H-pyrrole nitrogens is 1. The molecule has 4 rings (SSSR count). The molecule has 1 aliphatic heterocycles. The van der Waals surface area contributed by atoms with E-state index in [4.69, 9.17) is 4.74 Å². The molecule has 1 atom stereocenters. The molecule has 7 heteroatoms. The fraction of sp³-hybridized carbons (Fsp3) is 0.400. The highest BCUT2D eigenvalue weighted by atomic mass is 32.2. The topological polar surface area (TPSA) is 79.5 Å². The molecule has 0 aliphatic carbocycles. The summed E-state index contributed by atoms with van der Waals surface area (Å²) in [6.07, 6.45) is 1.56. The van der Waals surface area contributed by atoms with E-state index in [0.29, 0.717) is 28.2 Å². The van der Waals surface area contributed by atoms with E-state index in [-0.39, 0.29) is 24.8 Å². The number of aromatic nitrogens is 1. The second-order valence-corrected chi connectivity index (χ2v) is 10.7. The summed E-state index contributed by atoms with van der Waals surface area (Å²) in [6.45, 7) is 8.44. The Morgan fingerprint density at radius 1 is 1.03 bits per heavy atom. The van der Waals surface area contributed by atoms with Gasteiger partial charge in [0, 0.05) is 30.8 Å². The van der Waals surface area contributed by atoms with Gasteiger partial charge in [0.25, 0.3) is 5.56 Å². The summed E-state index contributed by atoms with van der Waals surface area (Å²) < 4.78 is 34.9. The number of nitrogens with zero attached hydrogens (tertiary/aromatic N) is 1. The molecule has 0 spiro atoms. The summed E-state index contributed by atoms with van der Waals surface area (Å²) in [7, 11) is -3.84. The molecule has 1 fully saturated rings. The maximum absolute atomic E-state index is 13.9. The Morgan fingerprint density at radius 3 is 2.41 bits per heavy atom. The average molecular weight is 455 g/mol. The molecular weight excluding hydrogens is 424 g/mol. The minimum Gasteiger partial charge on any atom is -0.377 e. The average Bonchev–Trinajstić information content (AvgIpc) is 3.20. The number of ether oxygens (including phenoxy) is 1. The zero-order valence-electron chi connectivity index (χ0n) is 19.1. The zero-order valence-corrected chi connectivity index (χ0v) is 19.9. The fourth-order valence-electron chi connectivity index (χ4n) is 4.64. The van der Waals surface area contributed by atoms with Crippen molar-refractivity contribution in [3.8, 4) is 0 Å². The van der Waals surface area contributed by atoms with Crippen LogP contribution in [0.1, 0.15) is 40.7 Å². The molecule has 0 bridgehead atoms. The lowest BCUT2D eigenvalue weighted by atomic mass is 10.1. The Hall–Kier alpha value is -2.48. The highest BCUT2D eigenvalue weighted by Crippen LogP contribution is 2.28. The van der Waals surface area contributed by atoms with Crippen LogP contribution in [-0.2, 0) is 21.3 Å². The molecule has 6 nitrogen and oxygen atoms in total. The van der Waals surface area contributed by atoms with Gasteiger partial charge in [-0.15, -0.1) is 0 Å². The SMILES string of the molecule is Cc1cc(C)c(S(=O)(=O)N(Cc2cc3cc(C)ccc3[nH]c2=O)CC2CCCO2)c(C)c1. The van der Waals surface area contributed by atoms with Crippen LogP contribution in [0.3, 0.4) is 0 Å². The third-order valence-electron chi connectivity index (χ3n) is 6.06. The molecule has 2 aromatic carbocycles. The van der Waals surface area contributed by atoms with Crippen molar-refractivity contribution in [2.75, 3.05) is 13.2 Å². The van der Waals surface area contributed by atoms with E-state index in [1.165, 1.54) is 4.31 Å². The quantitative estimate of drug-likeness (QED) is 0.607. The number of sulfonamides is 1. The van der Waals surface area contributed by atoms with Crippen molar-refractivity contribution in [1.82, 2.24) is 9.29 Å². The van der Waals surface area contributed by atoms with Gasteiger partial charge in [-0.3, -0.25) is 4.79 Å². The van der Waals surface area contributed by atoms with Crippen LogP contribution in [0.15, 0.2) is 46.1 Å². The van der Waals surface area contributed by atoms with E-state index in [1.54, 1.807) is 6.07 Å². The molecule has 1 aliphatic rings. The monoisotopic (exact) mass is 454 g/mol. The maximum atomic E-state index is 13.9. The Bertz CT molecular complexity index is 1300. The number of benzene rings is 2. The van der Waals surface area contributed by atoms with E-state index >= 15 is 0 Å². The Labute approximate surface area is 189 Å². The molecule has 0 radical (unpaired) electrons. The lowest BCUT2D eigenvalue weighted by Gasteiger charge is -2.26. The van der Waals surface area contributed by atoms with Gasteiger partial charge in [0.1, 0.15) is 0 Å². The van der Waals surface area contributed by atoms with E-state index in [0.717, 1.165) is 34.9 Å². The number of hydrogen-bond donors (Lipinski definition) is 1. The maximum Gasteiger partial charge on any atom is 0.252 e. The zero-order chi connectivity index (χ0) is 23.0. The van der Waals surface area contributed by atoms with Crippen molar-refractivity contribution in [1.29, 1.82) is 0 Å². The van der Waals surface area contributed by atoms with Crippen LogP contribution in [0.25, 0.3) is 10.9 Å². The van der Waals surface area contributed by atoms with E-state index in [1.807, 2.05) is 58.0 Å². The third-order valence-corrected chi connectivity index (χ3v) is 8.18. The van der Waals surface area contributed by atoms with Crippen LogP contribution in [0, 0.1) is 27.7 Å². The van der Waals surface area contributed by atoms with Gasteiger partial charge in [0.05, 0.1) is 11.0 Å². The smallest absolute Gasteiger partial charge is 0.252 e. The fourth-order valence-corrected chi connectivity index (χ4v) is 6.51. The first-order chi connectivity index (χ1) is 15.1. The third kappa shape index (κ3) is 4.51. The van der Waals surface area contributed by atoms with E-state index in [2.05, 4.69) is 4.98 Å². The lowest BCUT2D eigenvalue weighted by molar-refractivity contribution is 0.0925. The number of nitrogens with one attached hydrogen (secondary N) is 1. The van der Waals surface area contributed by atoms with Crippen molar-refractivity contribution in [3.05, 3.63) is 74.6 Å². The first-order valence-corrected chi connectivity index (χ1v) is 12.4. The number of pyridine rings is 1. The van der Waals surface area contributed by atoms with Crippen LogP contribution >= 0.6 is 0 Å². The first kappa shape index (κ1) is 22.7. The van der Waals surface area contributed by atoms with Crippen molar-refractivity contribution in [3.63, 3.8) is 0 Å². The van der Waals surface area contributed by atoms with E-state index < -0.39 is 10.0 Å². The molecule has 0 amide bonds. The van der Waals surface area contributed by atoms with E-state index in [9.17, 15) is 13.2 Å². The standard InChI is InChI=1S/C25H30N2O4S/c1-16-7-8-23-20(12-16)13-21(25(28)26-23)14-27(15-22-6-5-9-31-22)32(29,30)24-18(3)10-17(2)11-19(24)4/h7-8,10-13,22H,5-6,9,14-15H2,1-4H3,(H,26,28). The van der Waals surface area contributed by atoms with Crippen LogP contribution < -0.4 is 5.56 Å². The Morgan fingerprint density at radius 2 is 1.75 bits per heavy atom. The summed E-state index contributed by atoms with van der Waals surface area (Å²) in [5.74, 6) is 0. The van der Waals surface area contributed by atoms with Crippen molar-refractivity contribution < 1.29 is 13.2 Å². The predicted octanol–water partition coefficient (Wildman–Crippen LogP) is 4.13. The van der Waals surface area contributed by atoms with Gasteiger partial charge in [-0.25, -0.2) is 8.42 Å². The number of aromatic amines is 1. The highest BCUT2D eigenvalue weighted by Gasteiger charge is 2.32. The largest absolute Gasteiger partial charge is 0.377 e. The summed E-state index contributed by atoms with van der Waals surface area (Å²) in [5, 5.41) is 0.886. The molecule has 1 saturated heterocycles. The molecule has 1 N–H and O–H groups in total. The second kappa shape index (κ2) is 8.81. The Balaban J connectivity index is 1.79. The number of fused-ring (bicyclic) bond motifs is 1. The second-order valence-electron chi connectivity index (χ2n) is 8.87.